The van der Waals surface area contributed by atoms with E-state index in [0.29, 0.717) is 19.6 Å². The summed E-state index contributed by atoms with van der Waals surface area (Å²) in [6, 6.07) is 24.2. The molecule has 0 N–H and O–H groups in total. The summed E-state index contributed by atoms with van der Waals surface area (Å²) >= 11 is 3.59. The van der Waals surface area contributed by atoms with Crippen molar-refractivity contribution >= 4 is 38.6 Å². The molecular formula is C27H26BrN3O2. The number of hydrogen-bond donors (Lipinski definition) is 0. The molecule has 4 aromatic rings. The van der Waals surface area contributed by atoms with Gasteiger partial charge in [0.25, 0.3) is 0 Å². The molecule has 2 heterocycles. The van der Waals surface area contributed by atoms with Crippen molar-refractivity contribution in [3.8, 4) is 5.75 Å². The standard InChI is InChI=1S/C27H26BrN3O2/c1-19-9-2-7-14-25(19)33-16-8-15-30-24-13-6-4-11-22(24)29-27(30)20-17-26(32)31(18-20)23-12-5-3-10-21(23)28/h2-7,9-14,20H,8,15-18H2,1H3. The van der Waals surface area contributed by atoms with Crippen LogP contribution in [0.25, 0.3) is 11.0 Å². The largest absolute Gasteiger partial charge is 0.493 e. The molecule has 1 saturated heterocycles. The van der Waals surface area contributed by atoms with Crippen molar-refractivity contribution in [1.29, 1.82) is 0 Å². The highest BCUT2D eigenvalue weighted by molar-refractivity contribution is 9.10. The first-order valence-corrected chi connectivity index (χ1v) is 12.1. The molecule has 0 radical (unpaired) electrons. The van der Waals surface area contributed by atoms with E-state index >= 15 is 0 Å². The number of hydrogen-bond acceptors (Lipinski definition) is 3. The van der Waals surface area contributed by atoms with E-state index in [1.54, 1.807) is 0 Å². The maximum Gasteiger partial charge on any atom is 0.227 e. The average molecular weight is 504 g/mol. The molecule has 5 nitrogen and oxygen atoms in total. The molecule has 1 atom stereocenters. The van der Waals surface area contributed by atoms with Crippen LogP contribution in [0.5, 0.6) is 5.75 Å². The number of para-hydroxylation sites is 4. The Morgan fingerprint density at radius 1 is 1.03 bits per heavy atom. The summed E-state index contributed by atoms with van der Waals surface area (Å²) in [5, 5.41) is 0. The minimum Gasteiger partial charge on any atom is -0.493 e. The maximum absolute atomic E-state index is 12.9. The Morgan fingerprint density at radius 2 is 1.79 bits per heavy atom. The summed E-state index contributed by atoms with van der Waals surface area (Å²) in [6.45, 7) is 4.11. The lowest BCUT2D eigenvalue weighted by Crippen LogP contribution is -2.25. The topological polar surface area (TPSA) is 47.4 Å². The molecule has 0 saturated carbocycles. The van der Waals surface area contributed by atoms with Gasteiger partial charge in [0.05, 0.1) is 23.3 Å². The number of nitrogens with zero attached hydrogens (tertiary/aromatic N) is 3. The molecule has 0 bridgehead atoms. The van der Waals surface area contributed by atoms with Crippen molar-refractivity contribution in [2.24, 2.45) is 0 Å². The number of carbonyl (C=O) groups is 1. The maximum atomic E-state index is 12.9. The lowest BCUT2D eigenvalue weighted by Gasteiger charge is -2.19. The van der Waals surface area contributed by atoms with Gasteiger partial charge in [-0.2, -0.15) is 0 Å². The molecular weight excluding hydrogens is 478 g/mol. The number of halogens is 1. The number of benzene rings is 3. The highest BCUT2D eigenvalue weighted by atomic mass is 79.9. The van der Waals surface area contributed by atoms with Crippen LogP contribution in [-0.4, -0.2) is 28.6 Å². The molecule has 3 aromatic carbocycles. The third-order valence-electron chi connectivity index (χ3n) is 6.19. The van der Waals surface area contributed by atoms with E-state index in [0.717, 1.165) is 51.3 Å². The van der Waals surface area contributed by atoms with Crippen LogP contribution in [0.1, 0.15) is 30.1 Å². The molecule has 1 aliphatic heterocycles. The molecule has 0 spiro atoms. The van der Waals surface area contributed by atoms with Crippen molar-refractivity contribution in [3.05, 3.63) is 88.7 Å². The summed E-state index contributed by atoms with van der Waals surface area (Å²) in [5.74, 6) is 2.09. The quantitative estimate of drug-likeness (QED) is 0.286. The van der Waals surface area contributed by atoms with Crippen LogP contribution in [0.15, 0.2) is 77.3 Å². The zero-order valence-corrected chi connectivity index (χ0v) is 20.2. The van der Waals surface area contributed by atoms with Crippen molar-refractivity contribution in [3.63, 3.8) is 0 Å². The van der Waals surface area contributed by atoms with Crippen molar-refractivity contribution in [2.75, 3.05) is 18.1 Å². The SMILES string of the molecule is Cc1ccccc1OCCCn1c(C2CC(=O)N(c3ccccc3Br)C2)nc2ccccc21. The van der Waals surface area contributed by atoms with Gasteiger partial charge in [-0.15, -0.1) is 0 Å². The van der Waals surface area contributed by atoms with Gasteiger partial charge >= 0.3 is 0 Å². The van der Waals surface area contributed by atoms with E-state index in [2.05, 4.69) is 39.6 Å². The lowest BCUT2D eigenvalue weighted by molar-refractivity contribution is -0.117. The van der Waals surface area contributed by atoms with Crippen LogP contribution in [0.2, 0.25) is 0 Å². The zero-order chi connectivity index (χ0) is 22.8. The Kier molecular flexibility index (Phi) is 6.18. The van der Waals surface area contributed by atoms with E-state index in [4.69, 9.17) is 9.72 Å². The number of ether oxygens (including phenoxy) is 1. The Balaban J connectivity index is 1.36. The minimum atomic E-state index is 0.0503. The molecule has 5 rings (SSSR count). The monoisotopic (exact) mass is 503 g/mol. The number of carbonyl (C=O) groups excluding carboxylic acids is 1. The average Bonchev–Trinajstić information content (AvgIpc) is 3.38. The molecule has 33 heavy (non-hydrogen) atoms. The minimum absolute atomic E-state index is 0.0503. The number of anilines is 1. The number of aromatic nitrogens is 2. The molecule has 1 fully saturated rings. The second kappa shape index (κ2) is 9.40. The second-order valence-corrected chi connectivity index (χ2v) is 9.29. The number of imidazole rings is 1. The van der Waals surface area contributed by atoms with Crippen molar-refractivity contribution < 1.29 is 9.53 Å². The van der Waals surface area contributed by atoms with Gasteiger partial charge in [0.2, 0.25) is 5.91 Å². The number of aryl methyl sites for hydroxylation is 2. The van der Waals surface area contributed by atoms with Gasteiger partial charge in [0.15, 0.2) is 0 Å². The van der Waals surface area contributed by atoms with Gasteiger partial charge in [0, 0.05) is 29.9 Å². The highest BCUT2D eigenvalue weighted by Crippen LogP contribution is 2.36. The van der Waals surface area contributed by atoms with E-state index < -0.39 is 0 Å². The molecule has 1 amide bonds. The summed E-state index contributed by atoms with van der Waals surface area (Å²) in [4.78, 5) is 19.8. The first kappa shape index (κ1) is 21.7. The van der Waals surface area contributed by atoms with E-state index in [9.17, 15) is 4.79 Å². The first-order valence-electron chi connectivity index (χ1n) is 11.3. The van der Waals surface area contributed by atoms with Crippen LogP contribution >= 0.6 is 15.9 Å². The second-order valence-electron chi connectivity index (χ2n) is 8.43. The van der Waals surface area contributed by atoms with Gasteiger partial charge < -0.3 is 14.2 Å². The van der Waals surface area contributed by atoms with Gasteiger partial charge in [-0.05, 0) is 65.2 Å². The fourth-order valence-electron chi connectivity index (χ4n) is 4.55. The fraction of sp³-hybridized carbons (Fsp3) is 0.259. The summed E-state index contributed by atoms with van der Waals surface area (Å²) in [5.41, 5.74) is 4.14. The predicted octanol–water partition coefficient (Wildman–Crippen LogP) is 6.10. The molecule has 1 unspecified atom stereocenters. The van der Waals surface area contributed by atoms with Crippen LogP contribution in [0, 0.1) is 6.92 Å². The van der Waals surface area contributed by atoms with E-state index in [1.165, 1.54) is 0 Å². The smallest absolute Gasteiger partial charge is 0.227 e. The third kappa shape index (κ3) is 4.40. The van der Waals surface area contributed by atoms with Gasteiger partial charge in [-0.1, -0.05) is 42.5 Å². The normalized spacial score (nSPS) is 16.0. The van der Waals surface area contributed by atoms with E-state index in [-0.39, 0.29) is 11.8 Å². The lowest BCUT2D eigenvalue weighted by atomic mass is 10.1. The summed E-state index contributed by atoms with van der Waals surface area (Å²) < 4.78 is 9.22. The fourth-order valence-corrected chi connectivity index (χ4v) is 5.05. The molecule has 6 heteroatoms. The van der Waals surface area contributed by atoms with Crippen LogP contribution in [-0.2, 0) is 11.3 Å². The van der Waals surface area contributed by atoms with Gasteiger partial charge in [0.1, 0.15) is 11.6 Å². The summed E-state index contributed by atoms with van der Waals surface area (Å²) in [7, 11) is 0. The Hall–Kier alpha value is -3.12. The predicted molar refractivity (Wildman–Crippen MR) is 135 cm³/mol. The van der Waals surface area contributed by atoms with Crippen LogP contribution in [0.3, 0.4) is 0 Å². The third-order valence-corrected chi connectivity index (χ3v) is 6.87. The number of amides is 1. The number of rotatable bonds is 7. The van der Waals surface area contributed by atoms with E-state index in [1.807, 2.05) is 65.6 Å². The molecule has 0 aliphatic carbocycles. The summed E-state index contributed by atoms with van der Waals surface area (Å²) in [6.07, 6.45) is 1.32. The Bertz CT molecular complexity index is 1300. The Labute approximate surface area is 202 Å². The highest BCUT2D eigenvalue weighted by Gasteiger charge is 2.35. The van der Waals surface area contributed by atoms with Gasteiger partial charge in [-0.3, -0.25) is 4.79 Å². The zero-order valence-electron chi connectivity index (χ0n) is 18.6. The molecule has 168 valence electrons. The molecule has 1 aromatic heterocycles. The first-order chi connectivity index (χ1) is 16.1. The Morgan fingerprint density at radius 3 is 2.64 bits per heavy atom. The van der Waals surface area contributed by atoms with Gasteiger partial charge in [-0.25, -0.2) is 4.98 Å². The van der Waals surface area contributed by atoms with Crippen molar-refractivity contribution in [1.82, 2.24) is 9.55 Å². The van der Waals surface area contributed by atoms with Crippen LogP contribution < -0.4 is 9.64 Å². The number of fused-ring (bicyclic) bond motifs is 1. The van der Waals surface area contributed by atoms with Crippen LogP contribution in [0.4, 0.5) is 5.69 Å². The van der Waals surface area contributed by atoms with Crippen molar-refractivity contribution in [2.45, 2.75) is 32.2 Å². The molecule has 1 aliphatic rings.